The van der Waals surface area contributed by atoms with Crippen molar-refractivity contribution < 1.29 is 9.53 Å². The molecule has 0 aromatic carbocycles. The summed E-state index contributed by atoms with van der Waals surface area (Å²) in [6, 6.07) is 0. The number of amidine groups is 1. The number of ether oxygens (including phenoxy) is 1. The summed E-state index contributed by atoms with van der Waals surface area (Å²) < 4.78 is 5.97. The molecule has 4 atom stereocenters. The predicted molar refractivity (Wildman–Crippen MR) is 135 cm³/mol. The van der Waals surface area contributed by atoms with Crippen LogP contribution in [0, 0.1) is 17.2 Å². The normalized spacial score (nSPS) is 28.7. The molecule has 2 aliphatic heterocycles. The van der Waals surface area contributed by atoms with E-state index in [0.29, 0.717) is 5.92 Å². The number of thioether (sulfide) groups is 1. The lowest BCUT2D eigenvalue weighted by molar-refractivity contribution is -0.122. The van der Waals surface area contributed by atoms with Crippen molar-refractivity contribution in [3.8, 4) is 0 Å². The lowest BCUT2D eigenvalue weighted by Crippen LogP contribution is -2.40. The van der Waals surface area contributed by atoms with Gasteiger partial charge in [0.2, 0.25) is 5.91 Å². The second-order valence-corrected chi connectivity index (χ2v) is 10.5. The molecule has 178 valence electrons. The van der Waals surface area contributed by atoms with Crippen molar-refractivity contribution in [2.75, 3.05) is 26.7 Å². The van der Waals surface area contributed by atoms with Gasteiger partial charge in [-0.15, -0.1) is 0 Å². The summed E-state index contributed by atoms with van der Waals surface area (Å²) in [5.41, 5.74) is 10.9. The zero-order chi connectivity index (χ0) is 23.4. The van der Waals surface area contributed by atoms with E-state index < -0.39 is 0 Å². The topological polar surface area (TPSA) is 104 Å². The lowest BCUT2D eigenvalue weighted by atomic mass is 9.75. The number of carbonyl (C=O) groups excluding carboxylic acids is 1. The third-order valence-corrected chi connectivity index (χ3v) is 8.38. The fourth-order valence-corrected chi connectivity index (χ4v) is 6.74. The second kappa shape index (κ2) is 10.7. The van der Waals surface area contributed by atoms with Gasteiger partial charge in [-0.25, -0.2) is 0 Å². The molecule has 0 radical (unpaired) electrons. The zero-order valence-corrected chi connectivity index (χ0v) is 20.4. The molecule has 3 unspecified atom stereocenters. The molecule has 4 N–H and O–H groups in total. The van der Waals surface area contributed by atoms with Gasteiger partial charge in [-0.3, -0.25) is 9.79 Å². The van der Waals surface area contributed by atoms with Crippen LogP contribution in [0.25, 0.3) is 0 Å². The Morgan fingerprint density at radius 2 is 2.30 bits per heavy atom. The largest absolute Gasteiger partial charge is 0.376 e. The van der Waals surface area contributed by atoms with Gasteiger partial charge in [0.25, 0.3) is 0 Å². The Morgan fingerprint density at radius 3 is 3.06 bits per heavy atom. The molecule has 4 aliphatic rings. The molecule has 2 heterocycles. The van der Waals surface area contributed by atoms with Gasteiger partial charge in [-0.1, -0.05) is 35.9 Å². The zero-order valence-electron chi connectivity index (χ0n) is 19.5. The Kier molecular flexibility index (Phi) is 7.75. The first-order valence-corrected chi connectivity index (χ1v) is 12.7. The first-order valence-electron chi connectivity index (χ1n) is 11.8. The molecule has 2 aliphatic carbocycles. The third-order valence-electron chi connectivity index (χ3n) is 7.09. The van der Waals surface area contributed by atoms with E-state index in [1.54, 1.807) is 19.4 Å². The second-order valence-electron chi connectivity index (χ2n) is 9.26. The molecule has 8 heteroatoms. The van der Waals surface area contributed by atoms with Gasteiger partial charge in [0, 0.05) is 44.2 Å². The molecule has 0 aromatic rings. The van der Waals surface area contributed by atoms with Gasteiger partial charge in [-0.05, 0) is 55.7 Å². The van der Waals surface area contributed by atoms with E-state index in [9.17, 15) is 4.79 Å². The van der Waals surface area contributed by atoms with Gasteiger partial charge in [0.1, 0.15) is 0 Å². The maximum Gasteiger partial charge on any atom is 0.220 e. The lowest BCUT2D eigenvalue weighted by Gasteiger charge is -2.39. The molecule has 0 aromatic heterocycles. The number of nitrogens with two attached hydrogens (primary N) is 1. The molecule has 0 saturated heterocycles. The van der Waals surface area contributed by atoms with Crippen LogP contribution in [-0.2, 0) is 9.53 Å². The van der Waals surface area contributed by atoms with Gasteiger partial charge in [0.05, 0.1) is 17.9 Å². The standard InChI is InChI=1S/C25H35N5O2S/c1-16-11-18(24(27)31)12-19-15-30(10-7-21(16)19)25-29-14-22(33-25)23(32-2)17-5-3-6-20(13-17)28-9-4-8-26/h4,6,8-9,13,16,18,22-23,26,28H,3,5,7,10-12,14-15H2,1-2H3,(H2,27,31)/b9-4-,26-8?/t16-,18?,22?,23?/m0/s1. The predicted octanol–water partition coefficient (Wildman–Crippen LogP) is 3.36. The number of hydrogen-bond acceptors (Lipinski definition) is 7. The molecule has 7 nitrogen and oxygen atoms in total. The number of primary amides is 1. The van der Waals surface area contributed by atoms with Crippen molar-refractivity contribution in [2.24, 2.45) is 22.6 Å². The van der Waals surface area contributed by atoms with E-state index in [-0.39, 0.29) is 23.2 Å². The third kappa shape index (κ3) is 5.44. The number of carbonyl (C=O) groups is 1. The maximum atomic E-state index is 11.8. The summed E-state index contributed by atoms with van der Waals surface area (Å²) in [6.07, 6.45) is 13.8. The molecule has 1 amide bonds. The summed E-state index contributed by atoms with van der Waals surface area (Å²) >= 11 is 1.83. The SMILES string of the molecule is COC(C1=CC(N/C=C\C=N)=CCC1)C1CN=C(N2CCC3=C(CC(C(N)=O)C[C@@H]3C)C2)S1. The van der Waals surface area contributed by atoms with Gasteiger partial charge < -0.3 is 26.1 Å². The summed E-state index contributed by atoms with van der Waals surface area (Å²) in [6.45, 7) is 4.83. The molecule has 4 rings (SSSR count). The van der Waals surface area contributed by atoms with E-state index in [4.69, 9.17) is 20.9 Å². The number of amides is 1. The van der Waals surface area contributed by atoms with Crippen LogP contribution in [0.4, 0.5) is 0 Å². The number of rotatable bonds is 7. The van der Waals surface area contributed by atoms with Crippen LogP contribution in [0.1, 0.15) is 39.0 Å². The van der Waals surface area contributed by atoms with Crippen LogP contribution in [-0.4, -0.2) is 60.3 Å². The number of aliphatic imine (C=N–C) groups is 1. The van der Waals surface area contributed by atoms with Crippen molar-refractivity contribution >= 4 is 29.1 Å². The number of nitrogens with one attached hydrogen (secondary N) is 2. The Morgan fingerprint density at radius 1 is 1.45 bits per heavy atom. The molecule has 0 spiro atoms. The monoisotopic (exact) mass is 469 g/mol. The van der Waals surface area contributed by atoms with Crippen molar-refractivity contribution in [1.29, 1.82) is 5.41 Å². The van der Waals surface area contributed by atoms with Crippen LogP contribution in [0.2, 0.25) is 0 Å². The highest BCUT2D eigenvalue weighted by Gasteiger charge is 2.37. The summed E-state index contributed by atoms with van der Waals surface area (Å²) in [5, 5.41) is 11.7. The Balaban J connectivity index is 1.39. The summed E-state index contributed by atoms with van der Waals surface area (Å²) in [7, 11) is 1.79. The average molecular weight is 470 g/mol. The first-order chi connectivity index (χ1) is 16.0. The molecular formula is C25H35N5O2S. The van der Waals surface area contributed by atoms with Gasteiger partial charge in [-0.2, -0.15) is 0 Å². The Bertz CT molecular complexity index is 935. The first kappa shape index (κ1) is 23.8. The van der Waals surface area contributed by atoms with Crippen LogP contribution in [0.3, 0.4) is 0 Å². The average Bonchev–Trinajstić information content (AvgIpc) is 3.29. The van der Waals surface area contributed by atoms with E-state index >= 15 is 0 Å². The molecule has 33 heavy (non-hydrogen) atoms. The van der Waals surface area contributed by atoms with Crippen molar-refractivity contribution in [2.45, 2.75) is 50.4 Å². The Labute approximate surface area is 200 Å². The minimum atomic E-state index is -0.168. The van der Waals surface area contributed by atoms with E-state index in [1.807, 2.05) is 11.8 Å². The van der Waals surface area contributed by atoms with Gasteiger partial charge in [0.15, 0.2) is 5.17 Å². The molecule has 0 saturated carbocycles. The Hall–Kier alpha value is -2.32. The van der Waals surface area contributed by atoms with E-state index in [0.717, 1.165) is 62.6 Å². The van der Waals surface area contributed by atoms with E-state index in [1.165, 1.54) is 22.9 Å². The van der Waals surface area contributed by atoms with Crippen LogP contribution < -0.4 is 11.1 Å². The number of nitrogens with zero attached hydrogens (tertiary/aromatic N) is 2. The smallest absolute Gasteiger partial charge is 0.220 e. The van der Waals surface area contributed by atoms with Crippen LogP contribution >= 0.6 is 11.8 Å². The van der Waals surface area contributed by atoms with Crippen molar-refractivity contribution in [1.82, 2.24) is 10.2 Å². The highest BCUT2D eigenvalue weighted by molar-refractivity contribution is 8.14. The van der Waals surface area contributed by atoms with Crippen LogP contribution in [0.15, 0.2) is 51.8 Å². The van der Waals surface area contributed by atoms with Crippen molar-refractivity contribution in [3.05, 3.63) is 46.8 Å². The fraction of sp³-hybridized carbons (Fsp3) is 0.560. The number of methoxy groups -OCH3 is 1. The number of hydrogen-bond donors (Lipinski definition) is 3. The minimum absolute atomic E-state index is 0.0157. The van der Waals surface area contributed by atoms with Crippen molar-refractivity contribution in [3.63, 3.8) is 0 Å². The highest BCUT2D eigenvalue weighted by Crippen LogP contribution is 2.40. The molecule has 0 bridgehead atoms. The van der Waals surface area contributed by atoms with Gasteiger partial charge >= 0.3 is 0 Å². The maximum absolute atomic E-state index is 11.8. The molecule has 0 fully saturated rings. The highest BCUT2D eigenvalue weighted by atomic mass is 32.2. The minimum Gasteiger partial charge on any atom is -0.376 e. The fourth-order valence-electron chi connectivity index (χ4n) is 5.46. The quantitative estimate of drug-likeness (QED) is 0.392. The summed E-state index contributed by atoms with van der Waals surface area (Å²) in [4.78, 5) is 19.1. The summed E-state index contributed by atoms with van der Waals surface area (Å²) in [5.74, 6) is 0.240. The van der Waals surface area contributed by atoms with Crippen LogP contribution in [0.5, 0.6) is 0 Å². The van der Waals surface area contributed by atoms with E-state index in [2.05, 4.69) is 29.3 Å². The number of allylic oxidation sites excluding steroid dienone is 3. The molecular weight excluding hydrogens is 434 g/mol.